The Balaban J connectivity index is 1.34. The second kappa shape index (κ2) is 8.50. The first-order chi connectivity index (χ1) is 14.2. The normalized spacial score (nSPS) is 10.4. The van der Waals surface area contributed by atoms with E-state index in [2.05, 4.69) is 15.3 Å². The summed E-state index contributed by atoms with van der Waals surface area (Å²) in [4.78, 5) is 19.1. The van der Waals surface area contributed by atoms with E-state index in [9.17, 15) is 4.79 Å². The number of pyridine rings is 1. The maximum atomic E-state index is 12.1. The summed E-state index contributed by atoms with van der Waals surface area (Å²) in [5, 5.41) is 3.34. The van der Waals surface area contributed by atoms with Crippen molar-refractivity contribution in [3.8, 4) is 28.5 Å². The van der Waals surface area contributed by atoms with Crippen molar-refractivity contribution in [2.45, 2.75) is 0 Å². The highest BCUT2D eigenvalue weighted by Gasteiger charge is 2.09. The zero-order valence-electron chi connectivity index (χ0n) is 15.1. The molecule has 29 heavy (non-hydrogen) atoms. The number of amides is 1. The molecule has 4 rings (SSSR count). The summed E-state index contributed by atoms with van der Waals surface area (Å²) in [7, 11) is 0. The molecule has 0 aliphatic carbocycles. The predicted octanol–water partition coefficient (Wildman–Crippen LogP) is 6.13. The van der Waals surface area contributed by atoms with E-state index in [1.54, 1.807) is 67.1 Å². The maximum Gasteiger partial charge on any atom is 0.418 e. The molecule has 0 saturated carbocycles. The Morgan fingerprint density at radius 2 is 1.76 bits per heavy atom. The van der Waals surface area contributed by atoms with Crippen LogP contribution in [0, 0.1) is 0 Å². The van der Waals surface area contributed by atoms with Crippen LogP contribution in [-0.2, 0) is 0 Å². The van der Waals surface area contributed by atoms with E-state index in [1.165, 1.54) is 0 Å². The zero-order valence-corrected chi connectivity index (χ0v) is 15.9. The summed E-state index contributed by atoms with van der Waals surface area (Å²) >= 11 is 5.90. The van der Waals surface area contributed by atoms with Crippen LogP contribution in [0.15, 0.2) is 85.3 Å². The molecule has 0 aliphatic rings. The van der Waals surface area contributed by atoms with Crippen LogP contribution >= 0.6 is 11.6 Å². The number of nitrogens with zero attached hydrogens (tertiary/aromatic N) is 1. The second-order valence-electron chi connectivity index (χ2n) is 6.09. The Hall–Kier alpha value is -3.77. The molecule has 4 aromatic rings. The number of H-pyrrole nitrogens is 1. The molecule has 2 aromatic carbocycles. The van der Waals surface area contributed by atoms with Crippen molar-refractivity contribution in [3.63, 3.8) is 0 Å². The number of aromatic nitrogens is 2. The number of hydrogen-bond donors (Lipinski definition) is 2. The van der Waals surface area contributed by atoms with Gasteiger partial charge >= 0.3 is 6.09 Å². The molecule has 2 heterocycles. The first-order valence-corrected chi connectivity index (χ1v) is 9.15. The first kappa shape index (κ1) is 18.6. The third-order valence-corrected chi connectivity index (χ3v) is 4.26. The first-order valence-electron chi connectivity index (χ1n) is 8.77. The van der Waals surface area contributed by atoms with Gasteiger partial charge in [0.05, 0.1) is 6.20 Å². The largest absolute Gasteiger partial charge is 0.456 e. The van der Waals surface area contributed by atoms with Gasteiger partial charge in [0.1, 0.15) is 11.5 Å². The Bertz CT molecular complexity index is 1090. The van der Waals surface area contributed by atoms with E-state index < -0.39 is 6.09 Å². The highest BCUT2D eigenvalue weighted by atomic mass is 35.5. The number of rotatable bonds is 5. The average molecular weight is 406 g/mol. The molecule has 144 valence electrons. The van der Waals surface area contributed by atoms with Gasteiger partial charge in [0.25, 0.3) is 0 Å². The Morgan fingerprint density at radius 1 is 0.966 bits per heavy atom. The minimum atomic E-state index is -0.601. The molecule has 0 aliphatic heterocycles. The molecular weight excluding hydrogens is 390 g/mol. The smallest absolute Gasteiger partial charge is 0.418 e. The average Bonchev–Trinajstić information content (AvgIpc) is 3.19. The van der Waals surface area contributed by atoms with E-state index in [4.69, 9.17) is 21.1 Å². The van der Waals surface area contributed by atoms with Gasteiger partial charge in [-0.2, -0.15) is 0 Å². The van der Waals surface area contributed by atoms with Gasteiger partial charge in [-0.3, -0.25) is 10.3 Å². The number of carbonyl (C=O) groups excluding carboxylic acids is 1. The maximum absolute atomic E-state index is 12.1. The van der Waals surface area contributed by atoms with Crippen LogP contribution in [0.5, 0.6) is 17.4 Å². The van der Waals surface area contributed by atoms with Crippen LogP contribution in [0.2, 0.25) is 5.02 Å². The number of benzene rings is 2. The summed E-state index contributed by atoms with van der Waals surface area (Å²) in [5.41, 5.74) is 2.43. The van der Waals surface area contributed by atoms with Crippen molar-refractivity contribution in [2.75, 3.05) is 5.32 Å². The fourth-order valence-electron chi connectivity index (χ4n) is 2.63. The molecule has 2 N–H and O–H groups in total. The fraction of sp³-hybridized carbons (Fsp3) is 0. The summed E-state index contributed by atoms with van der Waals surface area (Å²) in [6.45, 7) is 0. The number of halogens is 1. The Kier molecular flexibility index (Phi) is 5.45. The van der Waals surface area contributed by atoms with Crippen molar-refractivity contribution in [2.24, 2.45) is 0 Å². The predicted molar refractivity (Wildman–Crippen MR) is 112 cm³/mol. The third kappa shape index (κ3) is 4.94. The zero-order chi connectivity index (χ0) is 20.1. The Morgan fingerprint density at radius 3 is 2.48 bits per heavy atom. The molecule has 1 amide bonds. The number of anilines is 1. The number of nitrogens with one attached hydrogen (secondary N) is 2. The molecule has 0 unspecified atom stereocenters. The van der Waals surface area contributed by atoms with Crippen LogP contribution in [0.4, 0.5) is 10.5 Å². The van der Waals surface area contributed by atoms with Crippen molar-refractivity contribution < 1.29 is 14.3 Å². The lowest BCUT2D eigenvalue weighted by Gasteiger charge is -2.07. The number of hydrogen-bond acceptors (Lipinski definition) is 4. The van der Waals surface area contributed by atoms with Crippen molar-refractivity contribution in [1.29, 1.82) is 0 Å². The summed E-state index contributed by atoms with van der Waals surface area (Å²) < 4.78 is 11.0. The van der Waals surface area contributed by atoms with E-state index in [0.717, 1.165) is 11.1 Å². The highest BCUT2D eigenvalue weighted by molar-refractivity contribution is 6.30. The van der Waals surface area contributed by atoms with Crippen molar-refractivity contribution >= 4 is 23.4 Å². The molecule has 0 fully saturated rings. The molecule has 0 bridgehead atoms. The lowest BCUT2D eigenvalue weighted by molar-refractivity contribution is 0.213. The van der Waals surface area contributed by atoms with E-state index in [0.29, 0.717) is 28.1 Å². The van der Waals surface area contributed by atoms with Gasteiger partial charge in [0, 0.05) is 34.7 Å². The van der Waals surface area contributed by atoms with Gasteiger partial charge in [-0.15, -0.1) is 0 Å². The van der Waals surface area contributed by atoms with Crippen LogP contribution in [-0.4, -0.2) is 16.1 Å². The van der Waals surface area contributed by atoms with E-state index in [-0.39, 0.29) is 0 Å². The van der Waals surface area contributed by atoms with Crippen LogP contribution in [0.1, 0.15) is 0 Å². The SMILES string of the molecule is O=C(Nc1ccc(Oc2cccnc2)cc1)Oc1cc(-c2ccc(Cl)cc2)c[nH]1. The lowest BCUT2D eigenvalue weighted by atomic mass is 10.1. The number of carbonyl (C=O) groups is 1. The molecule has 0 atom stereocenters. The molecule has 7 heteroatoms. The molecule has 2 aromatic heterocycles. The van der Waals surface area contributed by atoms with Crippen LogP contribution in [0.3, 0.4) is 0 Å². The summed E-state index contributed by atoms with van der Waals surface area (Å²) in [6.07, 6.45) is 4.46. The van der Waals surface area contributed by atoms with Crippen molar-refractivity contribution in [1.82, 2.24) is 9.97 Å². The standard InChI is InChI=1S/C22H16ClN3O3/c23-17-5-3-15(4-6-17)16-12-21(25-13-16)29-22(27)26-18-7-9-19(10-8-18)28-20-2-1-11-24-14-20/h1-14,25H,(H,26,27). The van der Waals surface area contributed by atoms with Gasteiger partial charge in [-0.05, 0) is 54.1 Å². The van der Waals surface area contributed by atoms with Crippen molar-refractivity contribution in [3.05, 3.63) is 90.3 Å². The van der Waals surface area contributed by atoms with Gasteiger partial charge in [-0.25, -0.2) is 4.79 Å². The second-order valence-corrected chi connectivity index (χ2v) is 6.53. The third-order valence-electron chi connectivity index (χ3n) is 4.01. The Labute approximate surface area is 172 Å². The van der Waals surface area contributed by atoms with Gasteiger partial charge in [0.15, 0.2) is 0 Å². The van der Waals surface area contributed by atoms with Crippen LogP contribution < -0.4 is 14.8 Å². The quantitative estimate of drug-likeness (QED) is 0.418. The molecule has 0 radical (unpaired) electrons. The molecule has 0 saturated heterocycles. The number of aromatic amines is 1. The monoisotopic (exact) mass is 405 g/mol. The van der Waals surface area contributed by atoms with Gasteiger partial charge in [0.2, 0.25) is 5.88 Å². The van der Waals surface area contributed by atoms with Crippen LogP contribution in [0.25, 0.3) is 11.1 Å². The molecular formula is C22H16ClN3O3. The van der Waals surface area contributed by atoms with E-state index >= 15 is 0 Å². The summed E-state index contributed by atoms with van der Waals surface area (Å²) in [5.74, 6) is 1.61. The topological polar surface area (TPSA) is 76.2 Å². The van der Waals surface area contributed by atoms with Gasteiger partial charge < -0.3 is 14.5 Å². The fourth-order valence-corrected chi connectivity index (χ4v) is 2.76. The number of ether oxygens (including phenoxy) is 2. The molecule has 6 nitrogen and oxygen atoms in total. The highest BCUT2D eigenvalue weighted by Crippen LogP contribution is 2.26. The summed E-state index contributed by atoms with van der Waals surface area (Å²) in [6, 6.07) is 19.7. The minimum Gasteiger partial charge on any atom is -0.456 e. The van der Waals surface area contributed by atoms with Gasteiger partial charge in [-0.1, -0.05) is 23.7 Å². The molecule has 0 spiro atoms. The minimum absolute atomic E-state index is 0.337. The van der Waals surface area contributed by atoms with E-state index in [1.807, 2.05) is 18.2 Å². The lowest BCUT2D eigenvalue weighted by Crippen LogP contribution is -2.16.